The zero-order valence-electron chi connectivity index (χ0n) is 10.1. The van der Waals surface area contributed by atoms with E-state index in [1.807, 2.05) is 0 Å². The lowest BCUT2D eigenvalue weighted by Crippen LogP contribution is -2.25. The Labute approximate surface area is 119 Å². The van der Waals surface area contributed by atoms with Crippen LogP contribution in [0, 0.1) is 0 Å². The first-order valence-electron chi connectivity index (χ1n) is 5.40. The monoisotopic (exact) mass is 313 g/mol. The van der Waals surface area contributed by atoms with E-state index in [4.69, 9.17) is 10.8 Å². The number of sulfonamides is 1. The third kappa shape index (κ3) is 3.13. The van der Waals surface area contributed by atoms with Crippen molar-refractivity contribution in [1.82, 2.24) is 9.71 Å². The van der Waals surface area contributed by atoms with E-state index >= 15 is 0 Å². The minimum Gasteiger partial charge on any atom is -0.478 e. The molecule has 20 heavy (non-hydrogen) atoms. The molecule has 0 amide bonds. The van der Waals surface area contributed by atoms with E-state index in [1.165, 1.54) is 29.7 Å². The molecule has 106 valence electrons. The Morgan fingerprint density at radius 1 is 1.45 bits per heavy atom. The summed E-state index contributed by atoms with van der Waals surface area (Å²) in [6.07, 6.45) is 1.54. The smallest absolute Gasteiger partial charge is 0.337 e. The lowest BCUT2D eigenvalue weighted by molar-refractivity contribution is 0.0692. The number of anilines is 1. The number of nitrogens with one attached hydrogen (secondary N) is 1. The molecule has 1 heterocycles. The molecule has 0 atom stereocenters. The Morgan fingerprint density at radius 2 is 2.20 bits per heavy atom. The Kier molecular flexibility index (Phi) is 4.02. The van der Waals surface area contributed by atoms with Crippen LogP contribution in [0.15, 0.2) is 34.8 Å². The van der Waals surface area contributed by atoms with Gasteiger partial charge in [0.25, 0.3) is 0 Å². The maximum absolute atomic E-state index is 12.1. The van der Waals surface area contributed by atoms with Crippen LogP contribution < -0.4 is 10.5 Å². The molecule has 2 aromatic rings. The first-order chi connectivity index (χ1) is 9.40. The summed E-state index contributed by atoms with van der Waals surface area (Å²) >= 11 is 1.30. The minimum absolute atomic E-state index is 0.0520. The molecule has 0 fully saturated rings. The van der Waals surface area contributed by atoms with E-state index in [1.54, 1.807) is 5.51 Å². The Hall–Kier alpha value is -1.97. The number of carboxylic acids is 1. The standard InChI is InChI=1S/C11H11N3O4S2/c12-7-1-2-10(9(3-7)11(15)16)20(17,18)14-5-8-4-13-6-19-8/h1-4,6,14H,5,12H2,(H,15,16). The quantitative estimate of drug-likeness (QED) is 0.705. The van der Waals surface area contributed by atoms with Crippen LogP contribution in [0.5, 0.6) is 0 Å². The Morgan fingerprint density at radius 3 is 2.80 bits per heavy atom. The molecule has 9 heteroatoms. The zero-order chi connectivity index (χ0) is 14.8. The maximum Gasteiger partial charge on any atom is 0.337 e. The van der Waals surface area contributed by atoms with Crippen molar-refractivity contribution in [3.05, 3.63) is 40.3 Å². The normalized spacial score (nSPS) is 11.4. The topological polar surface area (TPSA) is 122 Å². The second kappa shape index (κ2) is 5.57. The molecule has 0 saturated heterocycles. The van der Waals surface area contributed by atoms with E-state index in [2.05, 4.69) is 9.71 Å². The number of benzene rings is 1. The fourth-order valence-corrected chi connectivity index (χ4v) is 3.33. The summed E-state index contributed by atoms with van der Waals surface area (Å²) < 4.78 is 26.6. The summed E-state index contributed by atoms with van der Waals surface area (Å²) in [4.78, 5) is 15.3. The SMILES string of the molecule is Nc1ccc(S(=O)(=O)NCc2cncs2)c(C(=O)O)c1. The van der Waals surface area contributed by atoms with Gasteiger partial charge in [0.05, 0.1) is 16.0 Å². The first kappa shape index (κ1) is 14.4. The number of rotatable bonds is 5. The molecule has 0 bridgehead atoms. The molecule has 1 aromatic carbocycles. The number of carboxylic acid groups (broad SMARTS) is 1. The molecule has 0 aliphatic rings. The summed E-state index contributed by atoms with van der Waals surface area (Å²) in [5.74, 6) is -1.35. The molecule has 0 unspecified atom stereocenters. The summed E-state index contributed by atoms with van der Waals surface area (Å²) in [7, 11) is -3.94. The zero-order valence-corrected chi connectivity index (χ0v) is 11.7. The number of carbonyl (C=O) groups is 1. The van der Waals surface area contributed by atoms with Crippen LogP contribution in [0.3, 0.4) is 0 Å². The van der Waals surface area contributed by atoms with Gasteiger partial charge in [-0.3, -0.25) is 4.98 Å². The van der Waals surface area contributed by atoms with Gasteiger partial charge in [-0.15, -0.1) is 11.3 Å². The van der Waals surface area contributed by atoms with Crippen LogP contribution in [-0.4, -0.2) is 24.5 Å². The summed E-state index contributed by atoms with van der Waals surface area (Å²) in [5.41, 5.74) is 6.88. The van der Waals surface area contributed by atoms with Crippen molar-refractivity contribution in [1.29, 1.82) is 0 Å². The fourth-order valence-electron chi connectivity index (χ4n) is 1.52. The number of nitrogens with zero attached hydrogens (tertiary/aromatic N) is 1. The van der Waals surface area contributed by atoms with E-state index in [-0.39, 0.29) is 22.7 Å². The van der Waals surface area contributed by atoms with Crippen molar-refractivity contribution in [2.24, 2.45) is 0 Å². The molecule has 0 aliphatic heterocycles. The largest absolute Gasteiger partial charge is 0.478 e. The average Bonchev–Trinajstić information content (AvgIpc) is 2.89. The van der Waals surface area contributed by atoms with Gasteiger partial charge in [0.15, 0.2) is 0 Å². The van der Waals surface area contributed by atoms with Gasteiger partial charge >= 0.3 is 5.97 Å². The van der Waals surface area contributed by atoms with E-state index in [9.17, 15) is 13.2 Å². The minimum atomic E-state index is -3.94. The van der Waals surface area contributed by atoms with E-state index in [0.717, 1.165) is 10.9 Å². The molecule has 0 spiro atoms. The highest BCUT2D eigenvalue weighted by Gasteiger charge is 2.22. The van der Waals surface area contributed by atoms with Gasteiger partial charge in [-0.05, 0) is 18.2 Å². The van der Waals surface area contributed by atoms with Crippen molar-refractivity contribution in [3.63, 3.8) is 0 Å². The van der Waals surface area contributed by atoms with Crippen LogP contribution in [0.2, 0.25) is 0 Å². The summed E-state index contributed by atoms with van der Waals surface area (Å²) in [5, 5.41) is 9.05. The Balaban J connectivity index is 2.31. The fraction of sp³-hybridized carbons (Fsp3) is 0.0909. The van der Waals surface area contributed by atoms with E-state index in [0.29, 0.717) is 0 Å². The predicted molar refractivity (Wildman–Crippen MR) is 74.0 cm³/mol. The number of hydrogen-bond donors (Lipinski definition) is 3. The second-order valence-electron chi connectivity index (χ2n) is 3.85. The predicted octanol–water partition coefficient (Wildman–Crippen LogP) is 0.902. The number of hydrogen-bond acceptors (Lipinski definition) is 6. The van der Waals surface area contributed by atoms with Crippen molar-refractivity contribution >= 4 is 33.0 Å². The summed E-state index contributed by atoms with van der Waals surface area (Å²) in [6.45, 7) is 0.0520. The van der Waals surface area contributed by atoms with Gasteiger partial charge in [0.2, 0.25) is 10.0 Å². The van der Waals surface area contributed by atoms with Crippen LogP contribution in [-0.2, 0) is 16.6 Å². The van der Waals surface area contributed by atoms with Crippen LogP contribution >= 0.6 is 11.3 Å². The molecule has 2 rings (SSSR count). The van der Waals surface area contributed by atoms with Crippen molar-refractivity contribution < 1.29 is 18.3 Å². The van der Waals surface area contributed by atoms with Gasteiger partial charge in [-0.25, -0.2) is 17.9 Å². The van der Waals surface area contributed by atoms with Crippen LogP contribution in [0.4, 0.5) is 5.69 Å². The van der Waals surface area contributed by atoms with Gasteiger partial charge < -0.3 is 10.8 Å². The van der Waals surface area contributed by atoms with Crippen LogP contribution in [0.25, 0.3) is 0 Å². The molecule has 4 N–H and O–H groups in total. The van der Waals surface area contributed by atoms with Crippen molar-refractivity contribution in [3.8, 4) is 0 Å². The van der Waals surface area contributed by atoms with Crippen molar-refractivity contribution in [2.75, 3.05) is 5.73 Å². The Bertz CT molecular complexity index is 726. The van der Waals surface area contributed by atoms with Crippen molar-refractivity contribution in [2.45, 2.75) is 11.4 Å². The molecule has 0 aliphatic carbocycles. The van der Waals surface area contributed by atoms with Gasteiger partial charge in [0.1, 0.15) is 0 Å². The number of thiazole rings is 1. The third-order valence-corrected chi connectivity index (χ3v) is 4.68. The van der Waals surface area contributed by atoms with Gasteiger partial charge in [-0.2, -0.15) is 0 Å². The lowest BCUT2D eigenvalue weighted by atomic mass is 10.2. The number of aromatic nitrogens is 1. The highest BCUT2D eigenvalue weighted by atomic mass is 32.2. The maximum atomic E-state index is 12.1. The average molecular weight is 313 g/mol. The molecule has 1 aromatic heterocycles. The first-order valence-corrected chi connectivity index (χ1v) is 7.76. The molecule has 0 saturated carbocycles. The highest BCUT2D eigenvalue weighted by molar-refractivity contribution is 7.89. The lowest BCUT2D eigenvalue weighted by Gasteiger charge is -2.09. The third-order valence-electron chi connectivity index (χ3n) is 2.44. The van der Waals surface area contributed by atoms with Gasteiger partial charge in [-0.1, -0.05) is 0 Å². The number of aromatic carboxylic acids is 1. The van der Waals surface area contributed by atoms with Crippen LogP contribution in [0.1, 0.15) is 15.2 Å². The molecular formula is C11H11N3O4S2. The molecule has 7 nitrogen and oxygen atoms in total. The number of nitrogens with two attached hydrogens (primary N) is 1. The number of nitrogen functional groups attached to an aromatic ring is 1. The molecule has 0 radical (unpaired) electrons. The second-order valence-corrected chi connectivity index (χ2v) is 6.56. The summed E-state index contributed by atoms with van der Waals surface area (Å²) in [6, 6.07) is 3.63. The molecular weight excluding hydrogens is 302 g/mol. The van der Waals surface area contributed by atoms with E-state index < -0.39 is 16.0 Å². The highest BCUT2D eigenvalue weighted by Crippen LogP contribution is 2.19. The van der Waals surface area contributed by atoms with Gasteiger partial charge in [0, 0.05) is 23.3 Å².